The molecule has 0 radical (unpaired) electrons. The molecule has 0 spiro atoms. The van der Waals surface area contributed by atoms with Crippen molar-refractivity contribution in [3.63, 3.8) is 0 Å². The van der Waals surface area contributed by atoms with Crippen LogP contribution in [-0.2, 0) is 0 Å². The normalized spacial score (nSPS) is 13.8. The van der Waals surface area contributed by atoms with Crippen LogP contribution in [0.15, 0.2) is 22.8 Å². The lowest BCUT2D eigenvalue weighted by atomic mass is 9.88. The summed E-state index contributed by atoms with van der Waals surface area (Å²) in [5.41, 5.74) is 0.240. The van der Waals surface area contributed by atoms with Gasteiger partial charge in [-0.1, -0.05) is 26.8 Å². The van der Waals surface area contributed by atoms with Gasteiger partial charge in [-0.25, -0.2) is 4.98 Å². The molecule has 3 heteroatoms. The van der Waals surface area contributed by atoms with Gasteiger partial charge in [0, 0.05) is 6.04 Å². The van der Waals surface area contributed by atoms with E-state index in [1.807, 2.05) is 18.2 Å². The molecule has 1 unspecified atom stereocenters. The fourth-order valence-corrected chi connectivity index (χ4v) is 1.27. The molecule has 0 aliphatic carbocycles. The molecule has 0 fully saturated rings. The largest absolute Gasteiger partial charge is 0.367 e. The van der Waals surface area contributed by atoms with Crippen LogP contribution in [0.4, 0.5) is 5.82 Å². The van der Waals surface area contributed by atoms with E-state index in [1.54, 1.807) is 0 Å². The zero-order chi connectivity index (χ0) is 10.8. The van der Waals surface area contributed by atoms with Gasteiger partial charge in [-0.15, -0.1) is 0 Å². The summed E-state index contributed by atoms with van der Waals surface area (Å²) in [6.07, 6.45) is 0. The summed E-state index contributed by atoms with van der Waals surface area (Å²) in [4.78, 5) is 4.33. The maximum atomic E-state index is 4.33. The number of hydrogen-bond donors (Lipinski definition) is 1. The van der Waals surface area contributed by atoms with Crippen LogP contribution in [0.5, 0.6) is 0 Å². The van der Waals surface area contributed by atoms with E-state index in [1.165, 1.54) is 0 Å². The second kappa shape index (κ2) is 4.30. The number of anilines is 1. The standard InChI is InChI=1S/C11H17BrN2/c1-8(11(2,3)4)13-10-7-5-6-9(12)14-10/h5-8H,1-4H3,(H,13,14). The fourth-order valence-electron chi connectivity index (χ4n) is 0.927. The van der Waals surface area contributed by atoms with Crippen LogP contribution in [-0.4, -0.2) is 11.0 Å². The van der Waals surface area contributed by atoms with Gasteiger partial charge >= 0.3 is 0 Å². The van der Waals surface area contributed by atoms with Gasteiger partial charge in [-0.3, -0.25) is 0 Å². The third kappa shape index (κ3) is 3.29. The van der Waals surface area contributed by atoms with Crippen LogP contribution in [0, 0.1) is 5.41 Å². The zero-order valence-electron chi connectivity index (χ0n) is 9.13. The van der Waals surface area contributed by atoms with E-state index < -0.39 is 0 Å². The van der Waals surface area contributed by atoms with Gasteiger partial charge in [0.05, 0.1) is 0 Å². The smallest absolute Gasteiger partial charge is 0.127 e. The number of nitrogens with zero attached hydrogens (tertiary/aromatic N) is 1. The molecule has 2 nitrogen and oxygen atoms in total. The summed E-state index contributed by atoms with van der Waals surface area (Å²) in [5, 5.41) is 3.38. The summed E-state index contributed by atoms with van der Waals surface area (Å²) in [6.45, 7) is 8.80. The van der Waals surface area contributed by atoms with E-state index in [0.29, 0.717) is 6.04 Å². The molecule has 1 aromatic heterocycles. The quantitative estimate of drug-likeness (QED) is 0.817. The molecular formula is C11H17BrN2. The highest BCUT2D eigenvalue weighted by molar-refractivity contribution is 9.10. The molecule has 1 N–H and O–H groups in total. The minimum absolute atomic E-state index is 0.240. The average Bonchev–Trinajstić information content (AvgIpc) is 2.02. The molecule has 0 amide bonds. The van der Waals surface area contributed by atoms with Gasteiger partial charge in [0.1, 0.15) is 10.4 Å². The summed E-state index contributed by atoms with van der Waals surface area (Å²) in [7, 11) is 0. The van der Waals surface area contributed by atoms with Crippen molar-refractivity contribution >= 4 is 21.7 Å². The molecule has 14 heavy (non-hydrogen) atoms. The molecule has 78 valence electrons. The van der Waals surface area contributed by atoms with Gasteiger partial charge in [0.25, 0.3) is 0 Å². The number of aromatic nitrogens is 1. The molecule has 0 saturated heterocycles. The topological polar surface area (TPSA) is 24.9 Å². The predicted octanol–water partition coefficient (Wildman–Crippen LogP) is 3.69. The first-order valence-corrected chi connectivity index (χ1v) is 5.58. The van der Waals surface area contributed by atoms with Gasteiger partial charge in [-0.05, 0) is 40.4 Å². The van der Waals surface area contributed by atoms with Gasteiger partial charge in [0.2, 0.25) is 0 Å². The summed E-state index contributed by atoms with van der Waals surface area (Å²) >= 11 is 3.35. The van der Waals surface area contributed by atoms with E-state index in [-0.39, 0.29) is 5.41 Å². The maximum Gasteiger partial charge on any atom is 0.127 e. The van der Waals surface area contributed by atoms with Crippen molar-refractivity contribution in [2.75, 3.05) is 5.32 Å². The predicted molar refractivity (Wildman–Crippen MR) is 64.5 cm³/mol. The summed E-state index contributed by atoms with van der Waals surface area (Å²) < 4.78 is 0.864. The number of rotatable bonds is 2. The van der Waals surface area contributed by atoms with Gasteiger partial charge < -0.3 is 5.32 Å². The zero-order valence-corrected chi connectivity index (χ0v) is 10.7. The first-order chi connectivity index (χ1) is 6.39. The third-order valence-electron chi connectivity index (χ3n) is 2.38. The van der Waals surface area contributed by atoms with E-state index >= 15 is 0 Å². The molecule has 0 bridgehead atoms. The summed E-state index contributed by atoms with van der Waals surface area (Å²) in [5.74, 6) is 0.918. The van der Waals surface area contributed by atoms with Crippen molar-refractivity contribution in [2.24, 2.45) is 5.41 Å². The van der Waals surface area contributed by atoms with Crippen molar-refractivity contribution in [1.29, 1.82) is 0 Å². The Morgan fingerprint density at radius 3 is 2.50 bits per heavy atom. The number of hydrogen-bond acceptors (Lipinski definition) is 2. The van der Waals surface area contributed by atoms with Gasteiger partial charge in [-0.2, -0.15) is 0 Å². The second-order valence-corrected chi connectivity index (χ2v) is 5.39. The lowest BCUT2D eigenvalue weighted by Gasteiger charge is -2.28. The van der Waals surface area contributed by atoms with E-state index in [4.69, 9.17) is 0 Å². The van der Waals surface area contributed by atoms with E-state index in [2.05, 4.69) is 53.9 Å². The Bertz CT molecular complexity index is 304. The third-order valence-corrected chi connectivity index (χ3v) is 2.82. The minimum Gasteiger partial charge on any atom is -0.367 e. The van der Waals surface area contributed by atoms with Crippen molar-refractivity contribution in [3.8, 4) is 0 Å². The Balaban J connectivity index is 2.70. The second-order valence-electron chi connectivity index (χ2n) is 4.58. The Morgan fingerprint density at radius 1 is 1.36 bits per heavy atom. The monoisotopic (exact) mass is 256 g/mol. The molecule has 0 aliphatic heterocycles. The van der Waals surface area contributed by atoms with Crippen molar-refractivity contribution in [2.45, 2.75) is 33.7 Å². The lowest BCUT2D eigenvalue weighted by Crippen LogP contribution is -2.31. The van der Waals surface area contributed by atoms with E-state index in [9.17, 15) is 0 Å². The Labute approximate surface area is 94.3 Å². The fraction of sp³-hybridized carbons (Fsp3) is 0.545. The van der Waals surface area contributed by atoms with Crippen LogP contribution in [0.1, 0.15) is 27.7 Å². The highest BCUT2D eigenvalue weighted by Gasteiger charge is 2.19. The van der Waals surface area contributed by atoms with Crippen molar-refractivity contribution in [3.05, 3.63) is 22.8 Å². The Kier molecular flexibility index (Phi) is 3.53. The molecule has 1 rings (SSSR count). The van der Waals surface area contributed by atoms with Crippen LogP contribution >= 0.6 is 15.9 Å². The number of halogens is 1. The molecule has 1 heterocycles. The average molecular weight is 257 g/mol. The molecule has 1 atom stereocenters. The van der Waals surface area contributed by atoms with Crippen LogP contribution < -0.4 is 5.32 Å². The molecule has 1 aromatic rings. The number of pyridine rings is 1. The van der Waals surface area contributed by atoms with Crippen LogP contribution in [0.25, 0.3) is 0 Å². The maximum absolute atomic E-state index is 4.33. The first kappa shape index (κ1) is 11.5. The summed E-state index contributed by atoms with van der Waals surface area (Å²) in [6, 6.07) is 6.28. The van der Waals surface area contributed by atoms with Gasteiger partial charge in [0.15, 0.2) is 0 Å². The highest BCUT2D eigenvalue weighted by atomic mass is 79.9. The van der Waals surface area contributed by atoms with Crippen molar-refractivity contribution < 1.29 is 0 Å². The van der Waals surface area contributed by atoms with Crippen molar-refractivity contribution in [1.82, 2.24) is 4.98 Å². The highest BCUT2D eigenvalue weighted by Crippen LogP contribution is 2.22. The number of nitrogens with one attached hydrogen (secondary N) is 1. The first-order valence-electron chi connectivity index (χ1n) is 4.78. The Hall–Kier alpha value is -0.570. The molecule has 0 aliphatic rings. The molecular weight excluding hydrogens is 240 g/mol. The van der Waals surface area contributed by atoms with Crippen LogP contribution in [0.2, 0.25) is 0 Å². The molecule has 0 aromatic carbocycles. The Morgan fingerprint density at radius 2 is 2.00 bits per heavy atom. The lowest BCUT2D eigenvalue weighted by molar-refractivity contribution is 0.358. The molecule has 0 saturated carbocycles. The van der Waals surface area contributed by atoms with Crippen LogP contribution in [0.3, 0.4) is 0 Å². The minimum atomic E-state index is 0.240. The van der Waals surface area contributed by atoms with E-state index in [0.717, 1.165) is 10.4 Å². The SMILES string of the molecule is CC(Nc1cccc(Br)n1)C(C)(C)C.